The summed E-state index contributed by atoms with van der Waals surface area (Å²) in [5, 5.41) is 10.8. The highest BCUT2D eigenvalue weighted by atomic mass is 127. The summed E-state index contributed by atoms with van der Waals surface area (Å²) in [6.45, 7) is 0. The van der Waals surface area contributed by atoms with Crippen molar-refractivity contribution in [1.29, 1.82) is 0 Å². The summed E-state index contributed by atoms with van der Waals surface area (Å²) in [4.78, 5) is 10.9. The maximum Gasteiger partial charge on any atom is 0.339 e. The van der Waals surface area contributed by atoms with Gasteiger partial charge in [0.05, 0.1) is 0 Å². The monoisotopic (exact) mass is 314 g/mol. The zero-order valence-electron chi connectivity index (χ0n) is 7.61. The van der Waals surface area contributed by atoms with Crippen molar-refractivity contribution < 1.29 is 13.0 Å². The van der Waals surface area contributed by atoms with Crippen LogP contribution in [0.5, 0.6) is 5.75 Å². The molecule has 0 saturated carbocycles. The Morgan fingerprint density at radius 2 is 1.93 bits per heavy atom. The molecule has 0 unspecified atom stereocenters. The van der Waals surface area contributed by atoms with Gasteiger partial charge in [-0.2, -0.15) is 0 Å². The first-order chi connectivity index (χ1) is 7.24. The normalized spacial score (nSPS) is 10.2. The van der Waals surface area contributed by atoms with Gasteiger partial charge in [-0.25, -0.2) is 4.79 Å². The van der Waals surface area contributed by atoms with Crippen molar-refractivity contribution >= 4 is 39.7 Å². The van der Waals surface area contributed by atoms with Crippen LogP contribution < -0.4 is 3.07 Å². The van der Waals surface area contributed by atoms with Crippen LogP contribution in [0.25, 0.3) is 10.8 Å². The van der Waals surface area contributed by atoms with Gasteiger partial charge in [-0.1, -0.05) is 30.3 Å². The number of aromatic carboxylic acids is 1. The van der Waals surface area contributed by atoms with Gasteiger partial charge in [0.15, 0.2) is 28.8 Å². The minimum Gasteiger partial charge on any atom is -0.478 e. The topological polar surface area (TPSA) is 46.5 Å². The largest absolute Gasteiger partial charge is 0.478 e. The Bertz CT molecular complexity index is 522. The predicted octanol–water partition coefficient (Wildman–Crippen LogP) is 3.27. The Labute approximate surface area is 100 Å². The molecule has 0 fully saturated rings. The zero-order chi connectivity index (χ0) is 10.8. The molecule has 0 aliphatic rings. The molecular weight excluding hydrogens is 307 g/mol. The van der Waals surface area contributed by atoms with Crippen molar-refractivity contribution in [3.63, 3.8) is 0 Å². The summed E-state index contributed by atoms with van der Waals surface area (Å²) in [7, 11) is 0. The van der Waals surface area contributed by atoms with E-state index >= 15 is 0 Å². The number of halogens is 1. The smallest absolute Gasteiger partial charge is 0.339 e. The fourth-order valence-corrected chi connectivity index (χ4v) is 1.97. The molecule has 4 heteroatoms. The van der Waals surface area contributed by atoms with Crippen molar-refractivity contribution in [2.75, 3.05) is 0 Å². The van der Waals surface area contributed by atoms with Crippen LogP contribution in [-0.2, 0) is 0 Å². The first-order valence-electron chi connectivity index (χ1n) is 4.27. The van der Waals surface area contributed by atoms with Crippen molar-refractivity contribution in [3.05, 3.63) is 42.0 Å². The molecule has 0 atom stereocenters. The van der Waals surface area contributed by atoms with E-state index in [-0.39, 0.29) is 5.56 Å². The molecule has 0 aromatic heterocycles. The van der Waals surface area contributed by atoms with Crippen LogP contribution in [-0.4, -0.2) is 11.1 Å². The molecular formula is C11H7IO3. The molecule has 0 spiro atoms. The number of benzene rings is 2. The lowest BCUT2D eigenvalue weighted by Crippen LogP contribution is -1.98. The lowest BCUT2D eigenvalue weighted by atomic mass is 10.1. The Balaban J connectivity index is 2.81. The van der Waals surface area contributed by atoms with Crippen LogP contribution in [0, 0.1) is 0 Å². The van der Waals surface area contributed by atoms with Gasteiger partial charge in [0, 0.05) is 5.39 Å². The molecule has 0 aliphatic heterocycles. The number of hydrogen-bond donors (Lipinski definition) is 1. The average Bonchev–Trinajstić information content (AvgIpc) is 2.27. The van der Waals surface area contributed by atoms with Crippen molar-refractivity contribution in [3.8, 4) is 5.75 Å². The molecule has 0 heterocycles. The van der Waals surface area contributed by atoms with Crippen molar-refractivity contribution in [1.82, 2.24) is 0 Å². The van der Waals surface area contributed by atoms with Gasteiger partial charge < -0.3 is 8.17 Å². The minimum absolute atomic E-state index is 0.183. The highest BCUT2D eigenvalue weighted by Gasteiger charge is 2.13. The summed E-state index contributed by atoms with van der Waals surface area (Å²) in [6, 6.07) is 10.8. The van der Waals surface area contributed by atoms with Gasteiger partial charge in [-0.3, -0.25) is 0 Å². The zero-order valence-corrected chi connectivity index (χ0v) is 9.76. The van der Waals surface area contributed by atoms with Gasteiger partial charge in [0.25, 0.3) is 0 Å². The van der Waals surface area contributed by atoms with Gasteiger partial charge in [-0.15, -0.1) is 0 Å². The van der Waals surface area contributed by atoms with E-state index in [9.17, 15) is 4.79 Å². The lowest BCUT2D eigenvalue weighted by molar-refractivity contribution is 0.0695. The maximum atomic E-state index is 10.9. The van der Waals surface area contributed by atoms with E-state index in [0.717, 1.165) is 10.8 Å². The van der Waals surface area contributed by atoms with Crippen molar-refractivity contribution in [2.45, 2.75) is 0 Å². The molecule has 2 aromatic carbocycles. The molecule has 2 rings (SSSR count). The second-order valence-corrected chi connectivity index (χ2v) is 3.49. The molecule has 0 amide bonds. The van der Waals surface area contributed by atoms with Crippen molar-refractivity contribution in [2.24, 2.45) is 0 Å². The van der Waals surface area contributed by atoms with Gasteiger partial charge in [0.2, 0.25) is 0 Å². The highest BCUT2D eigenvalue weighted by molar-refractivity contribution is 14.1. The van der Waals surface area contributed by atoms with Gasteiger partial charge >= 0.3 is 5.97 Å². The number of carbonyl (C=O) groups is 1. The van der Waals surface area contributed by atoms with E-state index in [0.29, 0.717) is 5.75 Å². The quantitative estimate of drug-likeness (QED) is 0.866. The van der Waals surface area contributed by atoms with Crippen LogP contribution in [0.1, 0.15) is 10.4 Å². The van der Waals surface area contributed by atoms with Gasteiger partial charge in [0.1, 0.15) is 5.56 Å². The molecule has 3 nitrogen and oxygen atoms in total. The molecule has 0 bridgehead atoms. The molecule has 1 N–H and O–H groups in total. The van der Waals surface area contributed by atoms with E-state index in [1.807, 2.05) is 24.3 Å². The molecule has 0 radical (unpaired) electrons. The average molecular weight is 314 g/mol. The summed E-state index contributed by atoms with van der Waals surface area (Å²) in [5.74, 6) is -0.575. The molecule has 0 saturated heterocycles. The third kappa shape index (κ3) is 1.77. The Hall–Kier alpha value is -1.30. The summed E-state index contributed by atoms with van der Waals surface area (Å²) in [5.41, 5.74) is 0.183. The Kier molecular flexibility index (Phi) is 2.77. The second kappa shape index (κ2) is 4.06. The van der Waals surface area contributed by atoms with Crippen LogP contribution in [0.4, 0.5) is 0 Å². The SMILES string of the molecule is O=C(O)c1ccc2ccccc2c1OI. The van der Waals surface area contributed by atoms with Gasteiger partial charge in [-0.05, 0) is 11.5 Å². The molecule has 76 valence electrons. The predicted molar refractivity (Wildman–Crippen MR) is 65.6 cm³/mol. The third-order valence-electron chi connectivity index (χ3n) is 2.19. The van der Waals surface area contributed by atoms with Crippen LogP contribution in [0.15, 0.2) is 36.4 Å². The molecule has 0 aliphatic carbocycles. The van der Waals surface area contributed by atoms with E-state index in [1.165, 1.54) is 0 Å². The standard InChI is InChI=1S/C11H7IO3/c12-15-10-8-4-2-1-3-7(8)5-6-9(10)11(13)14/h1-6H,(H,13,14). The van der Waals surface area contributed by atoms with E-state index < -0.39 is 5.97 Å². The van der Waals surface area contributed by atoms with Crippen LogP contribution in [0.3, 0.4) is 0 Å². The Morgan fingerprint density at radius 3 is 2.60 bits per heavy atom. The number of carboxylic acids is 1. The van der Waals surface area contributed by atoms with E-state index in [2.05, 4.69) is 0 Å². The van der Waals surface area contributed by atoms with E-state index in [4.69, 9.17) is 8.17 Å². The summed E-state index contributed by atoms with van der Waals surface area (Å²) < 4.78 is 5.11. The fraction of sp³-hybridized carbons (Fsp3) is 0. The van der Waals surface area contributed by atoms with Crippen LogP contribution >= 0.6 is 23.0 Å². The number of fused-ring (bicyclic) bond motifs is 1. The van der Waals surface area contributed by atoms with E-state index in [1.54, 1.807) is 35.1 Å². The minimum atomic E-state index is -0.979. The fourth-order valence-electron chi connectivity index (χ4n) is 1.49. The highest BCUT2D eigenvalue weighted by Crippen LogP contribution is 2.31. The van der Waals surface area contributed by atoms with Crippen LogP contribution in [0.2, 0.25) is 0 Å². The molecule has 2 aromatic rings. The first kappa shape index (κ1) is 10.2. The Morgan fingerprint density at radius 1 is 1.20 bits per heavy atom. The third-order valence-corrected chi connectivity index (χ3v) is 2.63. The number of carboxylic acid groups (broad SMARTS) is 1. The summed E-state index contributed by atoms with van der Waals surface area (Å²) >= 11 is 1.70. The maximum absolute atomic E-state index is 10.9. The summed E-state index contributed by atoms with van der Waals surface area (Å²) in [6.07, 6.45) is 0. The molecule has 15 heavy (non-hydrogen) atoms. The first-order valence-corrected chi connectivity index (χ1v) is 5.15. The lowest BCUT2D eigenvalue weighted by Gasteiger charge is -2.06. The second-order valence-electron chi connectivity index (χ2n) is 3.05. The number of hydrogen-bond acceptors (Lipinski definition) is 2. The number of rotatable bonds is 2.